The molecule has 27 heavy (non-hydrogen) atoms. The predicted octanol–water partition coefficient (Wildman–Crippen LogP) is 4.26. The Morgan fingerprint density at radius 1 is 1.26 bits per heavy atom. The predicted molar refractivity (Wildman–Crippen MR) is 107 cm³/mol. The first-order valence-electron chi connectivity index (χ1n) is 8.89. The normalized spacial score (nSPS) is 12.0. The van der Waals surface area contributed by atoms with Gasteiger partial charge in [0.25, 0.3) is 5.91 Å². The fourth-order valence-electron chi connectivity index (χ4n) is 2.63. The molecular formula is C22H25N3O2. The summed E-state index contributed by atoms with van der Waals surface area (Å²) in [5.41, 5.74) is 3.97. The Labute approximate surface area is 160 Å². The van der Waals surface area contributed by atoms with Crippen molar-refractivity contribution in [1.29, 1.82) is 5.26 Å². The fourth-order valence-corrected chi connectivity index (χ4v) is 2.63. The Morgan fingerprint density at radius 3 is 2.56 bits per heavy atom. The van der Waals surface area contributed by atoms with Gasteiger partial charge in [0.05, 0.1) is 18.8 Å². The van der Waals surface area contributed by atoms with Crippen molar-refractivity contribution in [3.05, 3.63) is 70.9 Å². The number of amides is 1. The van der Waals surface area contributed by atoms with Crippen LogP contribution in [0.3, 0.4) is 0 Å². The number of carbonyl (C=O) groups is 1. The van der Waals surface area contributed by atoms with Gasteiger partial charge in [-0.25, -0.2) is 0 Å². The number of rotatable bonds is 7. The molecule has 0 aromatic heterocycles. The molecule has 0 heterocycles. The topological polar surface area (TPSA) is 74.2 Å². The molecule has 140 valence electrons. The first-order chi connectivity index (χ1) is 13.0. The third-order valence-electron chi connectivity index (χ3n) is 4.33. The van der Waals surface area contributed by atoms with Gasteiger partial charge < -0.3 is 15.4 Å². The second-order valence-corrected chi connectivity index (χ2v) is 6.31. The number of hydrogen-bond acceptors (Lipinski definition) is 4. The molecule has 0 spiro atoms. The lowest BCUT2D eigenvalue weighted by atomic mass is 10.0. The number of aryl methyl sites for hydroxylation is 2. The average Bonchev–Trinajstić information content (AvgIpc) is 2.68. The van der Waals surface area contributed by atoms with E-state index in [9.17, 15) is 10.1 Å². The lowest BCUT2D eigenvalue weighted by molar-refractivity contribution is -0.117. The lowest BCUT2D eigenvalue weighted by Gasteiger charge is -2.15. The van der Waals surface area contributed by atoms with Crippen molar-refractivity contribution in [2.24, 2.45) is 0 Å². The summed E-state index contributed by atoms with van der Waals surface area (Å²) in [7, 11) is 1.57. The first kappa shape index (κ1) is 20.1. The molecule has 1 unspecified atom stereocenters. The van der Waals surface area contributed by atoms with Gasteiger partial charge in [-0.3, -0.25) is 4.79 Å². The minimum absolute atomic E-state index is 0.00409. The van der Waals surface area contributed by atoms with Crippen LogP contribution in [0.25, 0.3) is 0 Å². The van der Waals surface area contributed by atoms with E-state index in [1.165, 1.54) is 11.8 Å². The SMILES string of the molecule is CCc1ccc(C(C)NC(=O)/C(C#N)=C\Nc2cc(C)ccc2OC)cc1. The van der Waals surface area contributed by atoms with E-state index in [2.05, 4.69) is 17.6 Å². The molecule has 2 aromatic carbocycles. The third kappa shape index (κ3) is 5.35. The van der Waals surface area contributed by atoms with Crippen LogP contribution in [0.1, 0.15) is 36.6 Å². The van der Waals surface area contributed by atoms with E-state index >= 15 is 0 Å². The number of carbonyl (C=O) groups excluding carboxylic acids is 1. The second kappa shape index (κ2) is 9.44. The van der Waals surface area contributed by atoms with Crippen molar-refractivity contribution in [2.45, 2.75) is 33.2 Å². The van der Waals surface area contributed by atoms with E-state index in [1.54, 1.807) is 7.11 Å². The molecule has 0 bridgehead atoms. The van der Waals surface area contributed by atoms with Gasteiger partial charge in [-0.05, 0) is 49.1 Å². The molecule has 1 amide bonds. The zero-order valence-corrected chi connectivity index (χ0v) is 16.2. The van der Waals surface area contributed by atoms with Crippen molar-refractivity contribution < 1.29 is 9.53 Å². The number of nitriles is 1. The highest BCUT2D eigenvalue weighted by Crippen LogP contribution is 2.25. The molecule has 2 rings (SSSR count). The zero-order valence-electron chi connectivity index (χ0n) is 16.2. The summed E-state index contributed by atoms with van der Waals surface area (Å²) in [4.78, 5) is 12.5. The van der Waals surface area contributed by atoms with Crippen LogP contribution in [-0.4, -0.2) is 13.0 Å². The average molecular weight is 363 g/mol. The maximum atomic E-state index is 12.5. The van der Waals surface area contributed by atoms with E-state index in [0.717, 1.165) is 17.5 Å². The number of methoxy groups -OCH3 is 1. The van der Waals surface area contributed by atoms with Crippen LogP contribution in [0.5, 0.6) is 5.75 Å². The fraction of sp³-hybridized carbons (Fsp3) is 0.273. The van der Waals surface area contributed by atoms with Gasteiger partial charge in [-0.15, -0.1) is 0 Å². The molecule has 2 N–H and O–H groups in total. The zero-order chi connectivity index (χ0) is 19.8. The highest BCUT2D eigenvalue weighted by atomic mass is 16.5. The van der Waals surface area contributed by atoms with Gasteiger partial charge >= 0.3 is 0 Å². The van der Waals surface area contributed by atoms with E-state index < -0.39 is 5.91 Å². The summed E-state index contributed by atoms with van der Waals surface area (Å²) in [6.45, 7) is 5.95. The Balaban J connectivity index is 2.09. The van der Waals surface area contributed by atoms with E-state index in [4.69, 9.17) is 4.74 Å². The summed E-state index contributed by atoms with van der Waals surface area (Å²) >= 11 is 0. The largest absolute Gasteiger partial charge is 0.495 e. The van der Waals surface area contributed by atoms with Crippen LogP contribution in [-0.2, 0) is 11.2 Å². The Morgan fingerprint density at radius 2 is 1.96 bits per heavy atom. The van der Waals surface area contributed by atoms with Gasteiger partial charge in [-0.1, -0.05) is 37.3 Å². The number of hydrogen-bond donors (Lipinski definition) is 2. The molecule has 0 aliphatic heterocycles. The number of nitrogens with one attached hydrogen (secondary N) is 2. The summed E-state index contributed by atoms with van der Waals surface area (Å²) in [6.07, 6.45) is 2.37. The Bertz CT molecular complexity index is 864. The Kier molecular flexibility index (Phi) is 7.01. The monoisotopic (exact) mass is 363 g/mol. The first-order valence-corrected chi connectivity index (χ1v) is 8.89. The van der Waals surface area contributed by atoms with Crippen LogP contribution in [0.2, 0.25) is 0 Å². The molecule has 0 aliphatic rings. The van der Waals surface area contributed by atoms with Crippen molar-refractivity contribution >= 4 is 11.6 Å². The van der Waals surface area contributed by atoms with Gasteiger partial charge in [0, 0.05) is 6.20 Å². The van der Waals surface area contributed by atoms with Crippen molar-refractivity contribution in [1.82, 2.24) is 5.32 Å². The summed E-state index contributed by atoms with van der Waals surface area (Å²) in [6, 6.07) is 15.5. The minimum atomic E-state index is -0.427. The molecular weight excluding hydrogens is 338 g/mol. The van der Waals surface area contributed by atoms with Crippen LogP contribution < -0.4 is 15.4 Å². The summed E-state index contributed by atoms with van der Waals surface area (Å²) in [5, 5.41) is 15.2. The molecule has 0 fully saturated rings. The number of benzene rings is 2. The Hall–Kier alpha value is -3.26. The third-order valence-corrected chi connectivity index (χ3v) is 4.33. The van der Waals surface area contributed by atoms with Gasteiger partial charge in [0.15, 0.2) is 0 Å². The minimum Gasteiger partial charge on any atom is -0.495 e. The maximum absolute atomic E-state index is 12.5. The maximum Gasteiger partial charge on any atom is 0.263 e. The summed E-state index contributed by atoms with van der Waals surface area (Å²) in [5.74, 6) is 0.211. The molecule has 2 aromatic rings. The standard InChI is InChI=1S/C22H25N3O2/c1-5-17-7-9-18(10-8-17)16(3)25-22(26)19(13-23)14-24-20-12-15(2)6-11-21(20)27-4/h6-12,14,16,24H,5H2,1-4H3,(H,25,26)/b19-14-. The lowest BCUT2D eigenvalue weighted by Crippen LogP contribution is -2.28. The van der Waals surface area contributed by atoms with E-state index in [0.29, 0.717) is 11.4 Å². The quantitative estimate of drug-likeness (QED) is 0.569. The molecule has 0 saturated carbocycles. The van der Waals surface area contributed by atoms with Gasteiger partial charge in [0.2, 0.25) is 0 Å². The van der Waals surface area contributed by atoms with Crippen molar-refractivity contribution in [3.8, 4) is 11.8 Å². The second-order valence-electron chi connectivity index (χ2n) is 6.31. The van der Waals surface area contributed by atoms with Crippen LogP contribution >= 0.6 is 0 Å². The van der Waals surface area contributed by atoms with Gasteiger partial charge in [0.1, 0.15) is 17.4 Å². The van der Waals surface area contributed by atoms with Crippen LogP contribution in [0.15, 0.2) is 54.2 Å². The molecule has 0 aliphatic carbocycles. The number of nitrogens with zero attached hydrogens (tertiary/aromatic N) is 1. The van der Waals surface area contributed by atoms with Crippen LogP contribution in [0, 0.1) is 18.3 Å². The molecule has 5 nitrogen and oxygen atoms in total. The smallest absolute Gasteiger partial charge is 0.263 e. The highest BCUT2D eigenvalue weighted by Gasteiger charge is 2.14. The van der Waals surface area contributed by atoms with Gasteiger partial charge in [-0.2, -0.15) is 5.26 Å². The number of ether oxygens (including phenoxy) is 1. The van der Waals surface area contributed by atoms with E-state index in [-0.39, 0.29) is 11.6 Å². The van der Waals surface area contributed by atoms with Crippen molar-refractivity contribution in [2.75, 3.05) is 12.4 Å². The highest BCUT2D eigenvalue weighted by molar-refractivity contribution is 5.97. The molecule has 5 heteroatoms. The molecule has 1 atom stereocenters. The van der Waals surface area contributed by atoms with E-state index in [1.807, 2.05) is 62.4 Å². The number of anilines is 1. The summed E-state index contributed by atoms with van der Waals surface area (Å²) < 4.78 is 5.29. The molecule has 0 saturated heterocycles. The van der Waals surface area contributed by atoms with Crippen LogP contribution in [0.4, 0.5) is 5.69 Å². The van der Waals surface area contributed by atoms with Crippen molar-refractivity contribution in [3.63, 3.8) is 0 Å². The molecule has 0 radical (unpaired) electrons.